The summed E-state index contributed by atoms with van der Waals surface area (Å²) in [5.74, 6) is -1.41. The molecule has 1 aliphatic heterocycles. The molecule has 6 nitrogen and oxygen atoms in total. The van der Waals surface area contributed by atoms with E-state index in [-0.39, 0.29) is 17.0 Å². The third-order valence-electron chi connectivity index (χ3n) is 5.08. The van der Waals surface area contributed by atoms with Gasteiger partial charge in [-0.05, 0) is 29.3 Å². The molecular weight excluding hydrogens is 558 g/mol. The molecule has 4 rings (SSSR count). The molecule has 2 aromatic carbocycles. The number of thiazole rings is 1. The van der Waals surface area contributed by atoms with E-state index in [2.05, 4.69) is 37.9 Å². The molecule has 1 aromatic heterocycles. The summed E-state index contributed by atoms with van der Waals surface area (Å²) >= 11 is 8.12. The van der Waals surface area contributed by atoms with Crippen LogP contribution in [0.4, 0.5) is 0 Å². The van der Waals surface area contributed by atoms with Crippen LogP contribution < -0.4 is 20.5 Å². The predicted molar refractivity (Wildman–Crippen MR) is 131 cm³/mol. The van der Waals surface area contributed by atoms with Crippen molar-refractivity contribution in [3.05, 3.63) is 93.7 Å². The fourth-order valence-corrected chi connectivity index (χ4v) is 5.68. The van der Waals surface area contributed by atoms with Crippen molar-refractivity contribution in [2.45, 2.75) is 5.92 Å². The van der Waals surface area contributed by atoms with Gasteiger partial charge in [-0.15, -0.1) is 11.3 Å². The van der Waals surface area contributed by atoms with Crippen LogP contribution in [0.15, 0.2) is 67.8 Å². The van der Waals surface area contributed by atoms with Gasteiger partial charge in [-0.1, -0.05) is 68.3 Å². The standard InChI is InChI=1S/C23H15Br2N3O3S/c1-31-23(30)19-18(13-7-3-5-9-16(13)25)14(11-26)20(27)28-21(29)17(32-22(19)28)10-12-6-2-4-8-15(12)24/h2-10,18H,27H2,1H3. The number of halogens is 2. The number of esters is 1. The van der Waals surface area contributed by atoms with Crippen molar-refractivity contribution in [1.29, 1.82) is 5.26 Å². The van der Waals surface area contributed by atoms with Gasteiger partial charge in [0.05, 0.1) is 34.8 Å². The molecule has 0 saturated carbocycles. The monoisotopic (exact) mass is 571 g/mol. The molecule has 0 spiro atoms. The van der Waals surface area contributed by atoms with E-state index in [0.29, 0.717) is 19.2 Å². The molecule has 0 bridgehead atoms. The number of benzene rings is 2. The second kappa shape index (κ2) is 8.90. The average Bonchev–Trinajstić information content (AvgIpc) is 3.11. The predicted octanol–water partition coefficient (Wildman–Crippen LogP) is 3.04. The third-order valence-corrected chi connectivity index (χ3v) is 7.63. The van der Waals surface area contributed by atoms with E-state index in [1.807, 2.05) is 42.5 Å². The van der Waals surface area contributed by atoms with Crippen LogP contribution >= 0.6 is 43.2 Å². The van der Waals surface area contributed by atoms with Gasteiger partial charge in [0.2, 0.25) is 0 Å². The van der Waals surface area contributed by atoms with Crippen molar-refractivity contribution in [3.63, 3.8) is 0 Å². The second-order valence-electron chi connectivity index (χ2n) is 6.85. The van der Waals surface area contributed by atoms with Gasteiger partial charge < -0.3 is 10.5 Å². The molecule has 0 radical (unpaired) electrons. The molecule has 2 heterocycles. The summed E-state index contributed by atoms with van der Waals surface area (Å²) in [7, 11) is 1.27. The fourth-order valence-electron chi connectivity index (χ4n) is 3.61. The van der Waals surface area contributed by atoms with Crippen molar-refractivity contribution in [2.24, 2.45) is 5.73 Å². The molecule has 2 N–H and O–H groups in total. The zero-order valence-corrected chi connectivity index (χ0v) is 20.6. The van der Waals surface area contributed by atoms with Gasteiger partial charge in [-0.25, -0.2) is 4.79 Å². The quantitative estimate of drug-likeness (QED) is 0.486. The van der Waals surface area contributed by atoms with Crippen LogP contribution in [0.1, 0.15) is 17.0 Å². The van der Waals surface area contributed by atoms with Crippen LogP contribution in [0, 0.1) is 11.3 Å². The van der Waals surface area contributed by atoms with Crippen molar-refractivity contribution in [1.82, 2.24) is 4.57 Å². The summed E-state index contributed by atoms with van der Waals surface area (Å²) in [5, 5.41) is 9.96. The first-order valence-corrected chi connectivity index (χ1v) is 11.7. The Balaban J connectivity index is 2.15. The van der Waals surface area contributed by atoms with Gasteiger partial charge in [0.1, 0.15) is 10.5 Å². The average molecular weight is 573 g/mol. The molecule has 1 atom stereocenters. The summed E-state index contributed by atoms with van der Waals surface area (Å²) in [6.45, 7) is 0. The molecule has 160 valence electrons. The van der Waals surface area contributed by atoms with E-state index < -0.39 is 17.4 Å². The number of nitrogens with zero attached hydrogens (tertiary/aromatic N) is 2. The van der Waals surface area contributed by atoms with Crippen molar-refractivity contribution < 1.29 is 9.53 Å². The number of carbonyl (C=O) groups is 1. The smallest absolute Gasteiger partial charge is 0.337 e. The lowest BCUT2D eigenvalue weighted by Gasteiger charge is -2.25. The number of nitriles is 1. The fraction of sp³-hybridized carbons (Fsp3) is 0.0870. The molecule has 9 heteroatoms. The number of hydrogen-bond acceptors (Lipinski definition) is 6. The maximum absolute atomic E-state index is 13.3. The van der Waals surface area contributed by atoms with Gasteiger partial charge in [-0.3, -0.25) is 9.36 Å². The number of nitrogens with two attached hydrogens (primary N) is 1. The Kier molecular flexibility index (Phi) is 6.20. The zero-order valence-electron chi connectivity index (χ0n) is 16.6. The van der Waals surface area contributed by atoms with Crippen molar-refractivity contribution in [2.75, 3.05) is 7.11 Å². The SMILES string of the molecule is COC(=O)C1=c2sc(=Cc3ccccc3Br)c(=O)n2C(N)=C(C#N)C1c1ccccc1Br. The minimum absolute atomic E-state index is 0.00364. The van der Waals surface area contributed by atoms with Crippen molar-refractivity contribution >= 4 is 66.6 Å². The Bertz CT molecular complexity index is 1510. The highest BCUT2D eigenvalue weighted by molar-refractivity contribution is 9.10. The molecule has 1 unspecified atom stereocenters. The highest BCUT2D eigenvalue weighted by atomic mass is 79.9. The lowest BCUT2D eigenvalue weighted by atomic mass is 9.84. The molecule has 0 aliphatic carbocycles. The van der Waals surface area contributed by atoms with E-state index in [4.69, 9.17) is 10.5 Å². The topological polar surface area (TPSA) is 98.1 Å². The first kappa shape index (κ1) is 22.3. The second-order valence-corrected chi connectivity index (χ2v) is 9.59. The highest BCUT2D eigenvalue weighted by Crippen LogP contribution is 2.39. The van der Waals surface area contributed by atoms with E-state index >= 15 is 0 Å². The number of allylic oxidation sites excluding steroid dienone is 1. The van der Waals surface area contributed by atoms with Gasteiger partial charge in [-0.2, -0.15) is 5.26 Å². The number of fused-ring (bicyclic) bond motifs is 1. The number of carbonyl (C=O) groups excluding carboxylic acids is 1. The summed E-state index contributed by atoms with van der Waals surface area (Å²) in [5.41, 5.74) is 7.72. The maximum atomic E-state index is 13.3. The molecular formula is C23H15Br2N3O3S. The van der Waals surface area contributed by atoms with Crippen LogP contribution in [0.5, 0.6) is 0 Å². The number of aromatic nitrogens is 1. The number of hydrogen-bond donors (Lipinski definition) is 1. The van der Waals surface area contributed by atoms with E-state index in [9.17, 15) is 14.9 Å². The first-order chi connectivity index (χ1) is 15.4. The summed E-state index contributed by atoms with van der Waals surface area (Å²) in [6.07, 6.45) is 1.73. The van der Waals surface area contributed by atoms with Gasteiger partial charge >= 0.3 is 5.97 Å². The Morgan fingerprint density at radius 1 is 1.19 bits per heavy atom. The summed E-state index contributed by atoms with van der Waals surface area (Å²) in [4.78, 5) is 26.2. The van der Waals surface area contributed by atoms with Gasteiger partial charge in [0, 0.05) is 8.95 Å². The van der Waals surface area contributed by atoms with E-state index in [1.54, 1.807) is 12.1 Å². The van der Waals surface area contributed by atoms with Crippen LogP contribution in [0.25, 0.3) is 17.5 Å². The Morgan fingerprint density at radius 3 is 2.47 bits per heavy atom. The first-order valence-electron chi connectivity index (χ1n) is 9.34. The Hall–Kier alpha value is -2.93. The van der Waals surface area contributed by atoms with Crippen molar-refractivity contribution in [3.8, 4) is 6.07 Å². The Morgan fingerprint density at radius 2 is 1.84 bits per heavy atom. The molecule has 0 fully saturated rings. The van der Waals surface area contributed by atoms with Gasteiger partial charge in [0.15, 0.2) is 0 Å². The van der Waals surface area contributed by atoms with Crippen LogP contribution in [-0.2, 0) is 9.53 Å². The lowest BCUT2D eigenvalue weighted by Crippen LogP contribution is -2.40. The summed E-state index contributed by atoms with van der Waals surface area (Å²) in [6, 6.07) is 16.8. The molecule has 0 amide bonds. The van der Waals surface area contributed by atoms with Crippen LogP contribution in [0.2, 0.25) is 0 Å². The maximum Gasteiger partial charge on any atom is 0.337 e. The normalized spacial score (nSPS) is 16.0. The molecule has 3 aromatic rings. The minimum atomic E-state index is -0.780. The molecule has 32 heavy (non-hydrogen) atoms. The Labute approximate surface area is 203 Å². The van der Waals surface area contributed by atoms with Crippen LogP contribution in [0.3, 0.4) is 0 Å². The highest BCUT2D eigenvalue weighted by Gasteiger charge is 2.36. The van der Waals surface area contributed by atoms with E-state index in [1.165, 1.54) is 11.7 Å². The number of rotatable bonds is 3. The number of methoxy groups -OCH3 is 1. The third kappa shape index (κ3) is 3.64. The largest absolute Gasteiger partial charge is 0.466 e. The van der Waals surface area contributed by atoms with E-state index in [0.717, 1.165) is 21.4 Å². The van der Waals surface area contributed by atoms with Crippen LogP contribution in [-0.4, -0.2) is 17.6 Å². The number of ether oxygens (including phenoxy) is 1. The minimum Gasteiger partial charge on any atom is -0.466 e. The lowest BCUT2D eigenvalue weighted by molar-refractivity contribution is -0.134. The summed E-state index contributed by atoms with van der Waals surface area (Å²) < 4.78 is 8.54. The molecule has 0 saturated heterocycles. The van der Waals surface area contributed by atoms with Gasteiger partial charge in [0.25, 0.3) is 5.56 Å². The molecule has 1 aliphatic rings. The zero-order chi connectivity index (χ0) is 23.0.